The van der Waals surface area contributed by atoms with E-state index in [9.17, 15) is 4.79 Å². The third-order valence-electron chi connectivity index (χ3n) is 2.19. The molecule has 1 aromatic heterocycles. The van der Waals surface area contributed by atoms with Crippen molar-refractivity contribution < 1.29 is 4.74 Å². The molecule has 0 atom stereocenters. The van der Waals surface area contributed by atoms with Crippen molar-refractivity contribution in [2.75, 3.05) is 7.11 Å². The lowest BCUT2D eigenvalue weighted by Gasteiger charge is -2.05. The van der Waals surface area contributed by atoms with Crippen LogP contribution in [-0.4, -0.2) is 16.7 Å². The Kier molecular flexibility index (Phi) is 1.96. The molecule has 0 unspecified atom stereocenters. The SMILES string of the molecule is COc1ccc2ncc(=O)n(C)c2c1. The zero-order chi connectivity index (χ0) is 10.1. The summed E-state index contributed by atoms with van der Waals surface area (Å²) in [4.78, 5) is 15.3. The number of fused-ring (bicyclic) bond motifs is 1. The molecule has 0 aliphatic heterocycles. The first-order chi connectivity index (χ1) is 6.72. The molecule has 0 saturated heterocycles. The molecule has 0 aliphatic carbocycles. The Balaban J connectivity index is 2.84. The largest absolute Gasteiger partial charge is 0.497 e. The molecule has 2 rings (SSSR count). The molecule has 0 spiro atoms. The fourth-order valence-electron chi connectivity index (χ4n) is 1.34. The van der Waals surface area contributed by atoms with E-state index < -0.39 is 0 Å². The molecule has 4 nitrogen and oxygen atoms in total. The van der Waals surface area contributed by atoms with Gasteiger partial charge < -0.3 is 9.30 Å². The van der Waals surface area contributed by atoms with Gasteiger partial charge in [0.1, 0.15) is 5.75 Å². The number of ether oxygens (including phenoxy) is 1. The maximum absolute atomic E-state index is 11.3. The van der Waals surface area contributed by atoms with E-state index in [1.54, 1.807) is 24.8 Å². The van der Waals surface area contributed by atoms with E-state index in [0.717, 1.165) is 16.8 Å². The van der Waals surface area contributed by atoms with Crippen molar-refractivity contribution in [3.8, 4) is 5.75 Å². The molecule has 1 aromatic carbocycles. The van der Waals surface area contributed by atoms with Gasteiger partial charge in [-0.3, -0.25) is 4.79 Å². The Morgan fingerprint density at radius 3 is 2.93 bits per heavy atom. The van der Waals surface area contributed by atoms with Crippen LogP contribution in [0, 0.1) is 0 Å². The Morgan fingerprint density at radius 2 is 2.21 bits per heavy atom. The minimum absolute atomic E-state index is 0.120. The van der Waals surface area contributed by atoms with Gasteiger partial charge in [0, 0.05) is 13.1 Å². The first kappa shape index (κ1) is 8.74. The summed E-state index contributed by atoms with van der Waals surface area (Å²) in [6.07, 6.45) is 1.31. The highest BCUT2D eigenvalue weighted by atomic mass is 16.5. The van der Waals surface area contributed by atoms with Gasteiger partial charge in [0.15, 0.2) is 0 Å². The third-order valence-corrected chi connectivity index (χ3v) is 2.19. The molecular weight excluding hydrogens is 180 g/mol. The van der Waals surface area contributed by atoms with E-state index in [-0.39, 0.29) is 5.56 Å². The van der Waals surface area contributed by atoms with Gasteiger partial charge in [-0.1, -0.05) is 0 Å². The summed E-state index contributed by atoms with van der Waals surface area (Å²) in [7, 11) is 3.31. The van der Waals surface area contributed by atoms with Crippen LogP contribution >= 0.6 is 0 Å². The zero-order valence-electron chi connectivity index (χ0n) is 8.02. The van der Waals surface area contributed by atoms with E-state index in [2.05, 4.69) is 4.98 Å². The minimum atomic E-state index is -0.120. The first-order valence-corrected chi connectivity index (χ1v) is 4.22. The van der Waals surface area contributed by atoms with Crippen LogP contribution in [0.3, 0.4) is 0 Å². The Labute approximate surface area is 80.8 Å². The fraction of sp³-hybridized carbons (Fsp3) is 0.200. The second-order valence-corrected chi connectivity index (χ2v) is 3.01. The summed E-state index contributed by atoms with van der Waals surface area (Å²) in [6.45, 7) is 0. The summed E-state index contributed by atoms with van der Waals surface area (Å²) in [5, 5.41) is 0. The summed E-state index contributed by atoms with van der Waals surface area (Å²) in [5.74, 6) is 0.723. The van der Waals surface area contributed by atoms with Crippen LogP contribution in [0.15, 0.2) is 29.2 Å². The van der Waals surface area contributed by atoms with Gasteiger partial charge in [0.2, 0.25) is 0 Å². The number of aryl methyl sites for hydroxylation is 1. The highest BCUT2D eigenvalue weighted by Crippen LogP contribution is 2.16. The lowest BCUT2D eigenvalue weighted by Crippen LogP contribution is -2.16. The number of benzene rings is 1. The van der Waals surface area contributed by atoms with Crippen molar-refractivity contribution in [3.05, 3.63) is 34.7 Å². The van der Waals surface area contributed by atoms with Gasteiger partial charge in [-0.15, -0.1) is 0 Å². The van der Waals surface area contributed by atoms with Gasteiger partial charge in [-0.05, 0) is 12.1 Å². The molecule has 0 bridgehead atoms. The van der Waals surface area contributed by atoms with Crippen LogP contribution in [0.2, 0.25) is 0 Å². The molecule has 0 saturated carbocycles. The molecule has 72 valence electrons. The van der Waals surface area contributed by atoms with Gasteiger partial charge in [0.25, 0.3) is 5.56 Å². The smallest absolute Gasteiger partial charge is 0.269 e. The van der Waals surface area contributed by atoms with E-state index >= 15 is 0 Å². The van der Waals surface area contributed by atoms with Gasteiger partial charge in [0.05, 0.1) is 24.3 Å². The van der Waals surface area contributed by atoms with Crippen molar-refractivity contribution in [2.45, 2.75) is 0 Å². The van der Waals surface area contributed by atoms with Crippen LogP contribution in [0.5, 0.6) is 5.75 Å². The Morgan fingerprint density at radius 1 is 1.43 bits per heavy atom. The quantitative estimate of drug-likeness (QED) is 0.672. The molecule has 2 aromatic rings. The molecule has 1 heterocycles. The normalized spacial score (nSPS) is 10.4. The predicted octanol–water partition coefficient (Wildman–Crippen LogP) is 0.942. The Hall–Kier alpha value is -1.84. The fourth-order valence-corrected chi connectivity index (χ4v) is 1.34. The van der Waals surface area contributed by atoms with E-state index in [1.165, 1.54) is 6.20 Å². The third kappa shape index (κ3) is 1.25. The second-order valence-electron chi connectivity index (χ2n) is 3.01. The lowest BCUT2D eigenvalue weighted by atomic mass is 10.3. The maximum Gasteiger partial charge on any atom is 0.269 e. The van der Waals surface area contributed by atoms with Gasteiger partial charge in [-0.25, -0.2) is 4.98 Å². The average Bonchev–Trinajstić information content (AvgIpc) is 2.23. The number of aromatic nitrogens is 2. The van der Waals surface area contributed by atoms with Crippen LogP contribution in [0.1, 0.15) is 0 Å². The highest BCUT2D eigenvalue weighted by Gasteiger charge is 2.01. The van der Waals surface area contributed by atoms with Crippen LogP contribution < -0.4 is 10.3 Å². The second kappa shape index (κ2) is 3.14. The number of hydrogen-bond donors (Lipinski definition) is 0. The molecular formula is C10H10N2O2. The van der Waals surface area contributed by atoms with Crippen molar-refractivity contribution in [3.63, 3.8) is 0 Å². The van der Waals surface area contributed by atoms with Crippen molar-refractivity contribution in [1.29, 1.82) is 0 Å². The maximum atomic E-state index is 11.3. The zero-order valence-corrected chi connectivity index (χ0v) is 8.02. The standard InChI is InChI=1S/C10H10N2O2/c1-12-9-5-7(14-2)3-4-8(9)11-6-10(12)13/h3-6H,1-2H3. The number of methoxy groups -OCH3 is 1. The molecule has 0 radical (unpaired) electrons. The Bertz CT molecular complexity index is 531. The summed E-state index contributed by atoms with van der Waals surface area (Å²) < 4.78 is 6.62. The van der Waals surface area contributed by atoms with E-state index in [4.69, 9.17) is 4.74 Å². The average molecular weight is 190 g/mol. The van der Waals surface area contributed by atoms with Gasteiger partial charge >= 0.3 is 0 Å². The first-order valence-electron chi connectivity index (χ1n) is 4.22. The molecule has 14 heavy (non-hydrogen) atoms. The number of hydrogen-bond acceptors (Lipinski definition) is 3. The van der Waals surface area contributed by atoms with Crippen molar-refractivity contribution >= 4 is 11.0 Å². The molecule has 4 heteroatoms. The predicted molar refractivity (Wildman–Crippen MR) is 53.5 cm³/mol. The molecule has 0 N–H and O–H groups in total. The van der Waals surface area contributed by atoms with Crippen LogP contribution in [0.25, 0.3) is 11.0 Å². The minimum Gasteiger partial charge on any atom is -0.497 e. The molecule has 0 amide bonds. The van der Waals surface area contributed by atoms with Crippen LogP contribution in [-0.2, 0) is 7.05 Å². The topological polar surface area (TPSA) is 44.1 Å². The van der Waals surface area contributed by atoms with Crippen molar-refractivity contribution in [2.24, 2.45) is 7.05 Å². The summed E-state index contributed by atoms with van der Waals surface area (Å²) in [5.41, 5.74) is 1.44. The number of nitrogens with zero attached hydrogens (tertiary/aromatic N) is 2. The summed E-state index contributed by atoms with van der Waals surface area (Å²) in [6, 6.07) is 5.44. The number of rotatable bonds is 1. The monoisotopic (exact) mass is 190 g/mol. The van der Waals surface area contributed by atoms with Gasteiger partial charge in [-0.2, -0.15) is 0 Å². The highest BCUT2D eigenvalue weighted by molar-refractivity contribution is 5.76. The molecule has 0 fully saturated rings. The van der Waals surface area contributed by atoms with E-state index in [0.29, 0.717) is 0 Å². The van der Waals surface area contributed by atoms with Crippen LogP contribution in [0.4, 0.5) is 0 Å². The van der Waals surface area contributed by atoms with E-state index in [1.807, 2.05) is 12.1 Å². The lowest BCUT2D eigenvalue weighted by molar-refractivity contribution is 0.415. The summed E-state index contributed by atoms with van der Waals surface area (Å²) >= 11 is 0. The molecule has 0 aliphatic rings. The van der Waals surface area contributed by atoms with Crippen molar-refractivity contribution in [1.82, 2.24) is 9.55 Å².